The number of aromatic nitrogens is 1. The van der Waals surface area contributed by atoms with E-state index in [-0.39, 0.29) is 24.2 Å². The maximum Gasteiger partial charge on any atom is 0.224 e. The number of benzene rings is 3. The summed E-state index contributed by atoms with van der Waals surface area (Å²) >= 11 is 0. The van der Waals surface area contributed by atoms with E-state index in [2.05, 4.69) is 10.2 Å². The van der Waals surface area contributed by atoms with Crippen molar-refractivity contribution in [1.29, 1.82) is 0 Å². The van der Waals surface area contributed by atoms with Gasteiger partial charge in [-0.25, -0.2) is 9.37 Å². The van der Waals surface area contributed by atoms with E-state index in [1.807, 2.05) is 74.5 Å². The molecular weight excluding hydrogens is 489 g/mol. The Kier molecular flexibility index (Phi) is 8.22. The molecule has 1 saturated heterocycles. The number of likely N-dealkylation sites (tertiary alicyclic amines) is 1. The van der Waals surface area contributed by atoms with Gasteiger partial charge in [0.2, 0.25) is 5.91 Å². The number of nitrogens with one attached hydrogen (secondary N) is 1. The monoisotopic (exact) mass is 525 g/mol. The molecule has 1 aromatic heterocycles. The standard InChI is InChI=1S/C33H36FN3O2/c1-22(2)35-32(38)20-27-18-26-17-24(11-13-31(26)36-33(27)25-8-7-9-28(19-25)39-3)29-16-23(10-12-30(29)34)21-37-14-5-4-6-15-37/h7-13,16-19,22H,4-6,14-15,20-21H2,1-3H3,(H,35,38). The summed E-state index contributed by atoms with van der Waals surface area (Å²) < 4.78 is 20.5. The number of pyridine rings is 1. The lowest BCUT2D eigenvalue weighted by Crippen LogP contribution is -2.31. The molecule has 3 aromatic carbocycles. The van der Waals surface area contributed by atoms with Crippen LogP contribution in [0, 0.1) is 5.82 Å². The van der Waals surface area contributed by atoms with Gasteiger partial charge in [-0.05, 0) is 98.9 Å². The van der Waals surface area contributed by atoms with Crippen LogP contribution in [0.3, 0.4) is 0 Å². The largest absolute Gasteiger partial charge is 0.497 e. The first kappa shape index (κ1) is 26.8. The maximum absolute atomic E-state index is 15.1. The van der Waals surface area contributed by atoms with Crippen molar-refractivity contribution in [2.75, 3.05) is 20.2 Å². The fraction of sp³-hybridized carbons (Fsp3) is 0.333. The third-order valence-electron chi connectivity index (χ3n) is 7.23. The molecule has 1 N–H and O–H groups in total. The number of amides is 1. The van der Waals surface area contributed by atoms with E-state index >= 15 is 4.39 Å². The normalized spacial score (nSPS) is 14.1. The number of ether oxygens (including phenoxy) is 1. The minimum absolute atomic E-state index is 0.0398. The van der Waals surface area contributed by atoms with E-state index in [1.165, 1.54) is 19.3 Å². The summed E-state index contributed by atoms with van der Waals surface area (Å²) in [6, 6.07) is 21.0. The second-order valence-electron chi connectivity index (χ2n) is 10.7. The zero-order chi connectivity index (χ0) is 27.4. The van der Waals surface area contributed by atoms with Gasteiger partial charge >= 0.3 is 0 Å². The van der Waals surface area contributed by atoms with Crippen molar-refractivity contribution in [3.63, 3.8) is 0 Å². The second-order valence-corrected chi connectivity index (χ2v) is 10.7. The van der Waals surface area contributed by atoms with Gasteiger partial charge in [0.05, 0.1) is 24.7 Å². The first-order valence-corrected chi connectivity index (χ1v) is 13.8. The molecule has 0 unspecified atom stereocenters. The van der Waals surface area contributed by atoms with Crippen molar-refractivity contribution in [1.82, 2.24) is 15.2 Å². The molecule has 0 saturated carbocycles. The number of nitrogens with zero attached hydrogens (tertiary/aromatic N) is 2. The van der Waals surface area contributed by atoms with Crippen molar-refractivity contribution < 1.29 is 13.9 Å². The van der Waals surface area contributed by atoms with Crippen LogP contribution in [-0.2, 0) is 17.8 Å². The average Bonchev–Trinajstić information content (AvgIpc) is 2.93. The Morgan fingerprint density at radius 3 is 2.59 bits per heavy atom. The fourth-order valence-corrected chi connectivity index (χ4v) is 5.36. The first-order chi connectivity index (χ1) is 18.9. The third kappa shape index (κ3) is 6.45. The summed E-state index contributed by atoms with van der Waals surface area (Å²) in [5.74, 6) is 0.416. The quantitative estimate of drug-likeness (QED) is 0.276. The molecule has 4 aromatic rings. The van der Waals surface area contributed by atoms with Gasteiger partial charge in [0.15, 0.2) is 0 Å². The van der Waals surface area contributed by atoms with Crippen molar-refractivity contribution in [2.45, 2.75) is 52.1 Å². The lowest BCUT2D eigenvalue weighted by molar-refractivity contribution is -0.120. The maximum atomic E-state index is 15.1. The molecule has 39 heavy (non-hydrogen) atoms. The first-order valence-electron chi connectivity index (χ1n) is 13.8. The van der Waals surface area contributed by atoms with Crippen LogP contribution < -0.4 is 10.1 Å². The number of fused-ring (bicyclic) bond motifs is 1. The summed E-state index contributed by atoms with van der Waals surface area (Å²) in [6.45, 7) is 6.91. The molecular formula is C33H36FN3O2. The molecule has 0 atom stereocenters. The molecule has 1 amide bonds. The highest BCUT2D eigenvalue weighted by Gasteiger charge is 2.16. The molecule has 6 heteroatoms. The van der Waals surface area contributed by atoms with E-state index in [1.54, 1.807) is 13.2 Å². The average molecular weight is 526 g/mol. The van der Waals surface area contributed by atoms with Crippen LogP contribution in [0.1, 0.15) is 44.2 Å². The summed E-state index contributed by atoms with van der Waals surface area (Å²) in [7, 11) is 1.63. The summed E-state index contributed by atoms with van der Waals surface area (Å²) in [4.78, 5) is 20.2. The van der Waals surface area contributed by atoms with Gasteiger partial charge in [0.25, 0.3) is 0 Å². The molecule has 0 spiro atoms. The van der Waals surface area contributed by atoms with Gasteiger partial charge in [-0.2, -0.15) is 0 Å². The lowest BCUT2D eigenvalue weighted by atomic mass is 9.97. The second kappa shape index (κ2) is 12.0. The van der Waals surface area contributed by atoms with Crippen LogP contribution in [0.25, 0.3) is 33.3 Å². The van der Waals surface area contributed by atoms with Crippen LogP contribution >= 0.6 is 0 Å². The number of carbonyl (C=O) groups is 1. The van der Waals surface area contributed by atoms with Gasteiger partial charge < -0.3 is 10.1 Å². The molecule has 202 valence electrons. The SMILES string of the molecule is COc1cccc(-c2nc3ccc(-c4cc(CN5CCCCC5)ccc4F)cc3cc2CC(=O)NC(C)C)c1. The van der Waals surface area contributed by atoms with Crippen molar-refractivity contribution >= 4 is 16.8 Å². The van der Waals surface area contributed by atoms with Crippen LogP contribution in [0.2, 0.25) is 0 Å². The van der Waals surface area contributed by atoms with Crippen LogP contribution in [-0.4, -0.2) is 42.0 Å². The van der Waals surface area contributed by atoms with Crippen LogP contribution in [0.4, 0.5) is 4.39 Å². The zero-order valence-corrected chi connectivity index (χ0v) is 23.0. The fourth-order valence-electron chi connectivity index (χ4n) is 5.36. The summed E-state index contributed by atoms with van der Waals surface area (Å²) in [6.07, 6.45) is 3.93. The molecule has 0 radical (unpaired) electrons. The van der Waals surface area contributed by atoms with Gasteiger partial charge in [-0.3, -0.25) is 9.69 Å². The van der Waals surface area contributed by atoms with Gasteiger partial charge in [0.1, 0.15) is 11.6 Å². The molecule has 5 rings (SSSR count). The van der Waals surface area contributed by atoms with Crippen molar-refractivity contribution in [3.05, 3.63) is 83.7 Å². The Hall–Kier alpha value is -3.77. The molecule has 1 aliphatic heterocycles. The number of carbonyl (C=O) groups excluding carboxylic acids is 1. The highest BCUT2D eigenvalue weighted by Crippen LogP contribution is 2.32. The molecule has 0 bridgehead atoms. The van der Waals surface area contributed by atoms with E-state index in [0.29, 0.717) is 5.56 Å². The number of rotatable bonds is 8. The number of methoxy groups -OCH3 is 1. The topological polar surface area (TPSA) is 54.5 Å². The Bertz CT molecular complexity index is 1480. The molecule has 1 aliphatic rings. The van der Waals surface area contributed by atoms with Crippen LogP contribution in [0.15, 0.2) is 66.7 Å². The number of hydrogen-bond donors (Lipinski definition) is 1. The molecule has 0 aliphatic carbocycles. The smallest absolute Gasteiger partial charge is 0.224 e. The Morgan fingerprint density at radius 1 is 1.00 bits per heavy atom. The highest BCUT2D eigenvalue weighted by atomic mass is 19.1. The Labute approximate surface area is 230 Å². The van der Waals surface area contributed by atoms with E-state index in [9.17, 15) is 4.79 Å². The third-order valence-corrected chi connectivity index (χ3v) is 7.23. The number of halogens is 1. The number of piperidine rings is 1. The van der Waals surface area contributed by atoms with E-state index in [4.69, 9.17) is 9.72 Å². The Balaban J connectivity index is 1.54. The van der Waals surface area contributed by atoms with Crippen molar-refractivity contribution in [2.24, 2.45) is 0 Å². The van der Waals surface area contributed by atoms with Crippen molar-refractivity contribution in [3.8, 4) is 28.1 Å². The Morgan fingerprint density at radius 2 is 1.82 bits per heavy atom. The predicted molar refractivity (Wildman–Crippen MR) is 155 cm³/mol. The predicted octanol–water partition coefficient (Wildman–Crippen LogP) is 6.77. The molecule has 1 fully saturated rings. The van der Waals surface area contributed by atoms with Gasteiger partial charge in [-0.15, -0.1) is 0 Å². The van der Waals surface area contributed by atoms with Gasteiger partial charge in [-0.1, -0.05) is 30.7 Å². The van der Waals surface area contributed by atoms with Crippen LogP contribution in [0.5, 0.6) is 5.75 Å². The minimum atomic E-state index is -0.241. The minimum Gasteiger partial charge on any atom is -0.497 e. The van der Waals surface area contributed by atoms with E-state index in [0.717, 1.165) is 64.2 Å². The highest BCUT2D eigenvalue weighted by molar-refractivity contribution is 5.90. The molecule has 2 heterocycles. The van der Waals surface area contributed by atoms with Gasteiger partial charge in [0, 0.05) is 29.1 Å². The zero-order valence-electron chi connectivity index (χ0n) is 23.0. The summed E-state index contributed by atoms with van der Waals surface area (Å²) in [5.41, 5.74) is 5.72. The molecule has 5 nitrogen and oxygen atoms in total. The van der Waals surface area contributed by atoms with E-state index < -0.39 is 0 Å². The summed E-state index contributed by atoms with van der Waals surface area (Å²) in [5, 5.41) is 3.85. The number of hydrogen-bond acceptors (Lipinski definition) is 4. The lowest BCUT2D eigenvalue weighted by Gasteiger charge is -2.26.